The summed E-state index contributed by atoms with van der Waals surface area (Å²) in [6.45, 7) is -1.35. The second-order valence-electron chi connectivity index (χ2n) is 10.3. The highest BCUT2D eigenvalue weighted by Gasteiger charge is 2.52. The molecular formula is C29H29F3N6O3S. The van der Waals surface area contributed by atoms with Crippen LogP contribution in [0.5, 0.6) is 0 Å². The molecule has 3 aromatic rings. The van der Waals surface area contributed by atoms with Crippen molar-refractivity contribution in [2.45, 2.75) is 36.6 Å². The lowest BCUT2D eigenvalue weighted by molar-refractivity contribution is 0.0734. The molecule has 0 radical (unpaired) electrons. The number of hydrogen-bond acceptors (Lipinski definition) is 7. The molecule has 2 atom stereocenters. The number of carbonyl (C=O) groups is 1. The van der Waals surface area contributed by atoms with Crippen molar-refractivity contribution in [2.75, 3.05) is 13.2 Å². The number of alkyl halides is 1. The topological polar surface area (TPSA) is 124 Å². The highest BCUT2D eigenvalue weighted by atomic mass is 32.2. The van der Waals surface area contributed by atoms with Gasteiger partial charge in [0.1, 0.15) is 28.9 Å². The van der Waals surface area contributed by atoms with Gasteiger partial charge in [-0.2, -0.15) is 9.40 Å². The van der Waals surface area contributed by atoms with Crippen molar-refractivity contribution in [3.8, 4) is 0 Å². The summed E-state index contributed by atoms with van der Waals surface area (Å²) in [5.74, 6) is -1.57. The Morgan fingerprint density at radius 2 is 2.00 bits per heavy atom. The molecule has 2 heterocycles. The molecule has 0 bridgehead atoms. The summed E-state index contributed by atoms with van der Waals surface area (Å²) in [6, 6.07) is 6.96. The van der Waals surface area contributed by atoms with Crippen LogP contribution in [0.15, 0.2) is 88.3 Å². The number of aliphatic imine (C=N–C) groups is 1. The number of halogens is 3. The number of pyridine rings is 1. The van der Waals surface area contributed by atoms with E-state index >= 15 is 0 Å². The van der Waals surface area contributed by atoms with E-state index in [2.05, 4.69) is 15.1 Å². The van der Waals surface area contributed by atoms with Crippen molar-refractivity contribution < 1.29 is 26.4 Å². The van der Waals surface area contributed by atoms with Crippen molar-refractivity contribution in [3.63, 3.8) is 0 Å². The Bertz CT molecular complexity index is 1700. The number of allylic oxidation sites excluding steroid dienone is 3. The van der Waals surface area contributed by atoms with Crippen molar-refractivity contribution >= 4 is 27.2 Å². The van der Waals surface area contributed by atoms with E-state index in [1.165, 1.54) is 53.7 Å². The Balaban J connectivity index is 1.62. The van der Waals surface area contributed by atoms with Gasteiger partial charge in [0.15, 0.2) is 5.78 Å². The maximum atomic E-state index is 14.2. The molecule has 2 aliphatic carbocycles. The third kappa shape index (κ3) is 5.53. The number of carbonyl (C=O) groups excluding carboxylic acids is 1. The van der Waals surface area contributed by atoms with E-state index in [1.54, 1.807) is 13.1 Å². The van der Waals surface area contributed by atoms with Gasteiger partial charge in [0.2, 0.25) is 10.0 Å². The molecule has 42 heavy (non-hydrogen) atoms. The van der Waals surface area contributed by atoms with Crippen LogP contribution in [0, 0.1) is 17.0 Å². The highest BCUT2D eigenvalue weighted by molar-refractivity contribution is 7.89. The first-order valence-electron chi connectivity index (χ1n) is 13.3. The number of nitrogens with two attached hydrogens (primary N) is 1. The molecule has 2 aromatic heterocycles. The fourth-order valence-corrected chi connectivity index (χ4v) is 7.38. The number of benzene rings is 1. The smallest absolute Gasteiger partial charge is 0.246 e. The first-order valence-corrected chi connectivity index (χ1v) is 14.7. The zero-order valence-corrected chi connectivity index (χ0v) is 23.6. The number of ketones is 1. The molecule has 5 rings (SSSR count). The lowest BCUT2D eigenvalue weighted by Crippen LogP contribution is -2.51. The Hall–Kier alpha value is -4.10. The lowest BCUT2D eigenvalue weighted by atomic mass is 9.59. The summed E-state index contributed by atoms with van der Waals surface area (Å²) in [5, 5.41) is 3.95. The summed E-state index contributed by atoms with van der Waals surface area (Å²) >= 11 is 0. The molecule has 2 N–H and O–H groups in total. The standard InChI is InChI=1S/C29H29F3N6O3S/c1-37-18-25(17-35-37)42(40,41)38(11-9-30)24-7-2-20-12-26(36-23-5-3-21(31)4-6-23)19(16-33)14-29(20,15-24)28(39)27-13-22(32)8-10-34-27/h3-6,8,10,12-13,16-18,24H,2,7,9,11,14-15,33H2,1H3/b19-16-,36-26?/t24-,29-/m0/s1. The van der Waals surface area contributed by atoms with E-state index < -0.39 is 52.1 Å². The van der Waals surface area contributed by atoms with Gasteiger partial charge in [-0.15, -0.1) is 0 Å². The van der Waals surface area contributed by atoms with Gasteiger partial charge in [-0.25, -0.2) is 26.6 Å². The number of fused-ring (bicyclic) bond motifs is 1. The van der Waals surface area contributed by atoms with Crippen LogP contribution in [-0.2, 0) is 17.1 Å². The fourth-order valence-electron chi connectivity index (χ4n) is 5.76. The van der Waals surface area contributed by atoms with Crippen LogP contribution in [0.25, 0.3) is 0 Å². The van der Waals surface area contributed by atoms with E-state index in [0.717, 1.165) is 16.4 Å². The number of rotatable bonds is 8. The first kappa shape index (κ1) is 29.4. The van der Waals surface area contributed by atoms with Crippen LogP contribution in [-0.4, -0.2) is 58.2 Å². The molecule has 0 spiro atoms. The minimum atomic E-state index is -4.17. The van der Waals surface area contributed by atoms with E-state index in [4.69, 9.17) is 5.73 Å². The predicted molar refractivity (Wildman–Crippen MR) is 150 cm³/mol. The normalized spacial score (nSPS) is 22.8. The summed E-state index contributed by atoms with van der Waals surface area (Å²) in [5.41, 5.74) is 6.63. The number of Topliss-reactive ketones (excluding diaryl/α,β-unsaturated/α-hetero) is 1. The quantitative estimate of drug-likeness (QED) is 0.383. The molecule has 1 fully saturated rings. The molecule has 1 saturated carbocycles. The maximum absolute atomic E-state index is 14.2. The lowest BCUT2D eigenvalue weighted by Gasteiger charge is -2.47. The Labute approximate surface area is 241 Å². The van der Waals surface area contributed by atoms with Crippen molar-refractivity contribution in [3.05, 3.63) is 95.7 Å². The second-order valence-corrected chi connectivity index (χ2v) is 12.2. The van der Waals surface area contributed by atoms with Gasteiger partial charge in [0.25, 0.3) is 0 Å². The van der Waals surface area contributed by atoms with Crippen LogP contribution in [0.4, 0.5) is 18.9 Å². The first-order chi connectivity index (χ1) is 20.1. The van der Waals surface area contributed by atoms with Gasteiger partial charge in [-0.1, -0.05) is 5.57 Å². The van der Waals surface area contributed by atoms with Crippen molar-refractivity contribution in [1.29, 1.82) is 0 Å². The molecule has 0 amide bonds. The molecule has 2 aliphatic rings. The van der Waals surface area contributed by atoms with Crippen LogP contribution in [0.3, 0.4) is 0 Å². The molecule has 0 aliphatic heterocycles. The summed E-state index contributed by atoms with van der Waals surface area (Å²) in [7, 11) is -2.59. The van der Waals surface area contributed by atoms with Crippen LogP contribution < -0.4 is 5.73 Å². The van der Waals surface area contributed by atoms with Gasteiger partial charge in [-0.3, -0.25) is 14.5 Å². The van der Waals surface area contributed by atoms with Gasteiger partial charge < -0.3 is 5.73 Å². The van der Waals surface area contributed by atoms with E-state index in [9.17, 15) is 26.4 Å². The molecule has 13 heteroatoms. The van der Waals surface area contributed by atoms with Gasteiger partial charge >= 0.3 is 0 Å². The Morgan fingerprint density at radius 1 is 1.24 bits per heavy atom. The molecule has 220 valence electrons. The third-order valence-corrected chi connectivity index (χ3v) is 9.65. The average molecular weight is 599 g/mol. The largest absolute Gasteiger partial charge is 0.404 e. The summed E-state index contributed by atoms with van der Waals surface area (Å²) in [6.07, 6.45) is 7.35. The molecule has 0 saturated heterocycles. The van der Waals surface area contributed by atoms with Crippen LogP contribution in [0.1, 0.15) is 36.2 Å². The SMILES string of the molecule is Cn1cc(S(=O)(=O)N(CCF)[C@H]2CCC3=CC(=Nc4ccc(F)cc4)/C(=C\N)C[C@]3(C(=O)c3cc(F)ccn3)C2)cn1. The molecule has 1 aromatic carbocycles. The van der Waals surface area contributed by atoms with Crippen LogP contribution in [0.2, 0.25) is 0 Å². The second kappa shape index (κ2) is 11.6. The average Bonchev–Trinajstić information content (AvgIpc) is 3.43. The third-order valence-electron chi connectivity index (χ3n) is 7.74. The number of aryl methyl sites for hydroxylation is 1. The minimum Gasteiger partial charge on any atom is -0.404 e. The summed E-state index contributed by atoms with van der Waals surface area (Å²) < 4.78 is 71.2. The number of aromatic nitrogens is 3. The zero-order chi connectivity index (χ0) is 30.1. The monoisotopic (exact) mass is 598 g/mol. The van der Waals surface area contributed by atoms with Gasteiger partial charge in [0.05, 0.1) is 23.0 Å². The van der Waals surface area contributed by atoms with E-state index in [1.807, 2.05) is 0 Å². The van der Waals surface area contributed by atoms with Gasteiger partial charge in [-0.05, 0) is 73.9 Å². The van der Waals surface area contributed by atoms with Crippen LogP contribution >= 0.6 is 0 Å². The Morgan fingerprint density at radius 3 is 2.64 bits per heavy atom. The molecule has 9 nitrogen and oxygen atoms in total. The zero-order valence-electron chi connectivity index (χ0n) is 22.8. The van der Waals surface area contributed by atoms with Crippen molar-refractivity contribution in [1.82, 2.24) is 19.1 Å². The number of hydrogen-bond donors (Lipinski definition) is 1. The van der Waals surface area contributed by atoms with Gasteiger partial charge in [0, 0.05) is 38.1 Å². The number of nitrogens with zero attached hydrogens (tertiary/aromatic N) is 5. The van der Waals surface area contributed by atoms with E-state index in [0.29, 0.717) is 29.0 Å². The highest BCUT2D eigenvalue weighted by Crippen LogP contribution is 2.52. The summed E-state index contributed by atoms with van der Waals surface area (Å²) in [4.78, 5) is 22.9. The van der Waals surface area contributed by atoms with Crippen molar-refractivity contribution in [2.24, 2.45) is 23.2 Å². The minimum absolute atomic E-state index is 0.0173. The number of sulfonamides is 1. The fraction of sp³-hybridized carbons (Fsp3) is 0.310. The Kier molecular flexibility index (Phi) is 8.15. The predicted octanol–water partition coefficient (Wildman–Crippen LogP) is 4.42. The van der Waals surface area contributed by atoms with E-state index in [-0.39, 0.29) is 29.9 Å². The maximum Gasteiger partial charge on any atom is 0.246 e. The molecule has 0 unspecified atom stereocenters. The molecular weight excluding hydrogens is 569 g/mol.